The highest BCUT2D eigenvalue weighted by atomic mass is 19.1. The van der Waals surface area contributed by atoms with Crippen LogP contribution in [0.5, 0.6) is 0 Å². The van der Waals surface area contributed by atoms with Crippen LogP contribution in [0.1, 0.15) is 22.3 Å². The van der Waals surface area contributed by atoms with Crippen molar-refractivity contribution in [1.29, 1.82) is 0 Å². The van der Waals surface area contributed by atoms with Crippen molar-refractivity contribution >= 4 is 5.91 Å². The van der Waals surface area contributed by atoms with Crippen molar-refractivity contribution in [3.8, 4) is 0 Å². The summed E-state index contributed by atoms with van der Waals surface area (Å²) in [7, 11) is 0. The number of carbonyl (C=O) groups is 1. The number of carbonyl (C=O) groups excluding carboxylic acids is 1. The molecule has 2 fully saturated rings. The Hall–Kier alpha value is -2.31. The standard InChI is InChI=1S/C20H22FN3O2/c21-17-5-3-16(4-6-17)20(25)24-9-8-23-13-19(10-18(23)12-24)26-14-15-2-1-7-22-11-15/h1-7,11,18-19H,8-10,12-14H2/t18-,19+/m0/s1. The van der Waals surface area contributed by atoms with Crippen LogP contribution in [0.3, 0.4) is 0 Å². The zero-order chi connectivity index (χ0) is 17.9. The summed E-state index contributed by atoms with van der Waals surface area (Å²) in [6.07, 6.45) is 4.69. The van der Waals surface area contributed by atoms with Crippen LogP contribution in [0.4, 0.5) is 4.39 Å². The number of nitrogens with zero attached hydrogens (tertiary/aromatic N) is 3. The van der Waals surface area contributed by atoms with Gasteiger partial charge in [-0.2, -0.15) is 0 Å². The molecule has 136 valence electrons. The van der Waals surface area contributed by atoms with E-state index in [1.807, 2.05) is 23.2 Å². The molecule has 2 saturated heterocycles. The Balaban J connectivity index is 1.32. The summed E-state index contributed by atoms with van der Waals surface area (Å²) in [4.78, 5) is 21.0. The van der Waals surface area contributed by atoms with Crippen molar-refractivity contribution in [3.63, 3.8) is 0 Å². The third-order valence-electron chi connectivity index (χ3n) is 5.16. The van der Waals surface area contributed by atoms with Crippen LogP contribution in [0.15, 0.2) is 48.8 Å². The van der Waals surface area contributed by atoms with Gasteiger partial charge in [0.2, 0.25) is 0 Å². The number of aromatic nitrogens is 1. The number of piperazine rings is 1. The number of hydrogen-bond donors (Lipinski definition) is 0. The normalized spacial score (nSPS) is 23.0. The molecule has 0 bridgehead atoms. The number of hydrogen-bond acceptors (Lipinski definition) is 4. The van der Waals surface area contributed by atoms with Gasteiger partial charge >= 0.3 is 0 Å². The molecule has 6 heteroatoms. The number of pyridine rings is 1. The van der Waals surface area contributed by atoms with E-state index in [0.29, 0.717) is 31.3 Å². The first-order valence-corrected chi connectivity index (χ1v) is 8.98. The third-order valence-corrected chi connectivity index (χ3v) is 5.16. The Morgan fingerprint density at radius 2 is 2.04 bits per heavy atom. The number of benzene rings is 1. The van der Waals surface area contributed by atoms with Gasteiger partial charge in [0.1, 0.15) is 5.82 Å². The average molecular weight is 355 g/mol. The second kappa shape index (κ2) is 7.51. The van der Waals surface area contributed by atoms with E-state index in [2.05, 4.69) is 9.88 Å². The Morgan fingerprint density at radius 1 is 1.19 bits per heavy atom. The molecule has 0 saturated carbocycles. The van der Waals surface area contributed by atoms with Gasteiger partial charge in [0.05, 0.1) is 12.7 Å². The Morgan fingerprint density at radius 3 is 2.81 bits per heavy atom. The molecule has 4 rings (SSSR count). The first-order chi connectivity index (χ1) is 12.7. The zero-order valence-electron chi connectivity index (χ0n) is 14.6. The molecule has 1 amide bonds. The van der Waals surface area contributed by atoms with Gasteiger partial charge in [-0.1, -0.05) is 6.07 Å². The largest absolute Gasteiger partial charge is 0.372 e. The van der Waals surface area contributed by atoms with Gasteiger partial charge in [-0.05, 0) is 42.3 Å². The molecule has 0 radical (unpaired) electrons. The van der Waals surface area contributed by atoms with Gasteiger partial charge in [0.15, 0.2) is 0 Å². The lowest BCUT2D eigenvalue weighted by molar-refractivity contribution is 0.0450. The molecule has 2 aromatic rings. The molecule has 2 aliphatic heterocycles. The highest BCUT2D eigenvalue weighted by molar-refractivity contribution is 5.94. The quantitative estimate of drug-likeness (QED) is 0.845. The summed E-state index contributed by atoms with van der Waals surface area (Å²) < 4.78 is 19.1. The monoisotopic (exact) mass is 355 g/mol. The first-order valence-electron chi connectivity index (χ1n) is 8.98. The second-order valence-electron chi connectivity index (χ2n) is 6.94. The molecule has 3 heterocycles. The lowest BCUT2D eigenvalue weighted by atomic mass is 10.1. The van der Waals surface area contributed by atoms with E-state index in [1.165, 1.54) is 12.1 Å². The molecule has 0 spiro atoms. The van der Waals surface area contributed by atoms with Gasteiger partial charge in [-0.25, -0.2) is 4.39 Å². The molecule has 2 aliphatic rings. The van der Waals surface area contributed by atoms with Crippen molar-refractivity contribution in [3.05, 3.63) is 65.7 Å². The first kappa shape index (κ1) is 17.1. The minimum atomic E-state index is -0.323. The van der Waals surface area contributed by atoms with Gasteiger partial charge in [0.25, 0.3) is 5.91 Å². The van der Waals surface area contributed by atoms with Crippen molar-refractivity contribution in [2.75, 3.05) is 26.2 Å². The fourth-order valence-corrected chi connectivity index (χ4v) is 3.77. The second-order valence-corrected chi connectivity index (χ2v) is 6.94. The highest BCUT2D eigenvalue weighted by Gasteiger charge is 2.38. The molecule has 0 aliphatic carbocycles. The van der Waals surface area contributed by atoms with Crippen molar-refractivity contribution in [2.24, 2.45) is 0 Å². The zero-order valence-corrected chi connectivity index (χ0v) is 14.6. The van der Waals surface area contributed by atoms with Crippen LogP contribution in [0.2, 0.25) is 0 Å². The van der Waals surface area contributed by atoms with E-state index in [1.54, 1.807) is 18.3 Å². The maximum atomic E-state index is 13.1. The van der Waals surface area contributed by atoms with Crippen LogP contribution in [-0.2, 0) is 11.3 Å². The van der Waals surface area contributed by atoms with E-state index in [4.69, 9.17) is 4.74 Å². The number of rotatable bonds is 4. The summed E-state index contributed by atoms with van der Waals surface area (Å²) in [6.45, 7) is 3.72. The van der Waals surface area contributed by atoms with E-state index < -0.39 is 0 Å². The molecule has 2 atom stereocenters. The van der Waals surface area contributed by atoms with E-state index in [0.717, 1.165) is 25.1 Å². The SMILES string of the molecule is O=C(c1ccc(F)cc1)N1CCN2C[C@H](OCc3cccnc3)C[C@H]2C1. The molecule has 26 heavy (non-hydrogen) atoms. The van der Waals surface area contributed by atoms with Crippen LogP contribution in [0, 0.1) is 5.82 Å². The Labute approximate surface area is 152 Å². The molecule has 0 N–H and O–H groups in total. The van der Waals surface area contributed by atoms with E-state index in [9.17, 15) is 9.18 Å². The number of fused-ring (bicyclic) bond motifs is 1. The molecule has 1 aromatic carbocycles. The molecular weight excluding hydrogens is 333 g/mol. The van der Waals surface area contributed by atoms with Crippen molar-refractivity contribution < 1.29 is 13.9 Å². The summed E-state index contributed by atoms with van der Waals surface area (Å²) in [5.41, 5.74) is 1.62. The predicted molar refractivity (Wildman–Crippen MR) is 95.1 cm³/mol. The maximum absolute atomic E-state index is 13.1. The van der Waals surface area contributed by atoms with Crippen LogP contribution in [0.25, 0.3) is 0 Å². The third kappa shape index (κ3) is 3.76. The van der Waals surface area contributed by atoms with Crippen LogP contribution < -0.4 is 0 Å². The van der Waals surface area contributed by atoms with Crippen LogP contribution >= 0.6 is 0 Å². The average Bonchev–Trinajstić information content (AvgIpc) is 3.09. The topological polar surface area (TPSA) is 45.7 Å². The van der Waals surface area contributed by atoms with Gasteiger partial charge in [-0.15, -0.1) is 0 Å². The summed E-state index contributed by atoms with van der Waals surface area (Å²) in [5, 5.41) is 0. The summed E-state index contributed by atoms with van der Waals surface area (Å²) in [5.74, 6) is -0.347. The lowest BCUT2D eigenvalue weighted by Gasteiger charge is -2.37. The minimum Gasteiger partial charge on any atom is -0.372 e. The fraction of sp³-hybridized carbons (Fsp3) is 0.400. The van der Waals surface area contributed by atoms with Gasteiger partial charge < -0.3 is 9.64 Å². The minimum absolute atomic E-state index is 0.0237. The number of halogens is 1. The van der Waals surface area contributed by atoms with Crippen molar-refractivity contribution in [1.82, 2.24) is 14.8 Å². The molecule has 5 nitrogen and oxygen atoms in total. The number of ether oxygens (including phenoxy) is 1. The smallest absolute Gasteiger partial charge is 0.253 e. The van der Waals surface area contributed by atoms with Crippen molar-refractivity contribution in [2.45, 2.75) is 25.2 Å². The Kier molecular flexibility index (Phi) is 4.95. The fourth-order valence-electron chi connectivity index (χ4n) is 3.77. The maximum Gasteiger partial charge on any atom is 0.253 e. The predicted octanol–water partition coefficient (Wildman–Crippen LogP) is 2.34. The summed E-state index contributed by atoms with van der Waals surface area (Å²) in [6, 6.07) is 10.0. The molecule has 1 aromatic heterocycles. The number of amides is 1. The van der Waals surface area contributed by atoms with E-state index >= 15 is 0 Å². The molecule has 0 unspecified atom stereocenters. The highest BCUT2D eigenvalue weighted by Crippen LogP contribution is 2.25. The van der Waals surface area contributed by atoms with E-state index in [-0.39, 0.29) is 17.8 Å². The molecular formula is C20H22FN3O2. The Bertz CT molecular complexity index is 753. The van der Waals surface area contributed by atoms with Crippen LogP contribution in [-0.4, -0.2) is 59.0 Å². The summed E-state index contributed by atoms with van der Waals surface area (Å²) >= 11 is 0. The van der Waals surface area contributed by atoms with Gasteiger partial charge in [0, 0.05) is 50.2 Å². The van der Waals surface area contributed by atoms with Gasteiger partial charge in [-0.3, -0.25) is 14.7 Å². The lowest BCUT2D eigenvalue weighted by Crippen LogP contribution is -2.52.